The summed E-state index contributed by atoms with van der Waals surface area (Å²) in [5, 5.41) is 23.3. The molecule has 0 aliphatic heterocycles. The zero-order valence-corrected chi connectivity index (χ0v) is 17.6. The Labute approximate surface area is 187 Å². The first kappa shape index (κ1) is 24.5. The summed E-state index contributed by atoms with van der Waals surface area (Å²) in [5.74, 6) is -3.22. The molecule has 0 fully saturated rings. The van der Waals surface area contributed by atoms with Gasteiger partial charge in [-0.05, 0) is 37.5 Å². The summed E-state index contributed by atoms with van der Waals surface area (Å²) in [6, 6.07) is 3.14. The van der Waals surface area contributed by atoms with Crippen LogP contribution in [-0.2, 0) is 16.0 Å². The minimum Gasteiger partial charge on any atom is -0.481 e. The molecular weight excluding hydrogens is 444 g/mol. The predicted octanol–water partition coefficient (Wildman–Crippen LogP) is 0.680. The number of carbonyl (C=O) groups excluding carboxylic acids is 1. The number of aromatic nitrogens is 2. The fraction of sp³-hybridized carbons (Fsp3) is 0.316. The van der Waals surface area contributed by atoms with Crippen LogP contribution >= 0.6 is 11.6 Å². The van der Waals surface area contributed by atoms with E-state index in [0.29, 0.717) is 30.6 Å². The molecule has 0 aliphatic carbocycles. The average molecular weight is 467 g/mol. The van der Waals surface area contributed by atoms with E-state index in [1.165, 1.54) is 12.1 Å². The van der Waals surface area contributed by atoms with Gasteiger partial charge in [-0.3, -0.25) is 19.4 Å². The van der Waals surface area contributed by atoms with Gasteiger partial charge in [-0.25, -0.2) is 4.79 Å². The normalized spacial score (nSPS) is 11.5. The molecule has 13 heteroatoms. The molecule has 0 unspecified atom stereocenters. The van der Waals surface area contributed by atoms with Crippen molar-refractivity contribution in [2.75, 3.05) is 23.3 Å². The number of hydrogen-bond donors (Lipinski definition) is 7. The van der Waals surface area contributed by atoms with Gasteiger partial charge in [0, 0.05) is 18.7 Å². The molecule has 2 rings (SSSR count). The summed E-state index contributed by atoms with van der Waals surface area (Å²) in [4.78, 5) is 52.3. The number of aromatic amines is 1. The monoisotopic (exact) mass is 466 g/mol. The van der Waals surface area contributed by atoms with Crippen LogP contribution in [0.2, 0.25) is 5.02 Å². The van der Waals surface area contributed by atoms with Gasteiger partial charge in [0.05, 0.1) is 16.1 Å². The van der Waals surface area contributed by atoms with Crippen LogP contribution < -0.4 is 27.7 Å². The topological polar surface area (TPSA) is 214 Å². The zero-order valence-electron chi connectivity index (χ0n) is 16.9. The third kappa shape index (κ3) is 6.87. The van der Waals surface area contributed by atoms with Gasteiger partial charge in [0.25, 0.3) is 11.5 Å². The molecule has 0 bridgehead atoms. The molecule has 0 spiro atoms. The number of halogens is 1. The Kier molecular flexibility index (Phi) is 8.41. The fourth-order valence-electron chi connectivity index (χ4n) is 2.84. The van der Waals surface area contributed by atoms with Gasteiger partial charge in [-0.1, -0.05) is 11.6 Å². The van der Waals surface area contributed by atoms with Crippen LogP contribution in [0.4, 0.5) is 17.5 Å². The van der Waals surface area contributed by atoms with Gasteiger partial charge < -0.3 is 32.3 Å². The summed E-state index contributed by atoms with van der Waals surface area (Å²) in [6.07, 6.45) is 0.244. The summed E-state index contributed by atoms with van der Waals surface area (Å²) >= 11 is 6.16. The molecule has 2 aromatic rings. The van der Waals surface area contributed by atoms with E-state index in [0.717, 1.165) is 0 Å². The Bertz CT molecular complexity index is 1070. The van der Waals surface area contributed by atoms with E-state index in [9.17, 15) is 19.2 Å². The van der Waals surface area contributed by atoms with Crippen LogP contribution in [0.1, 0.15) is 35.2 Å². The molecule has 0 aliphatic rings. The van der Waals surface area contributed by atoms with E-state index < -0.39 is 35.9 Å². The number of hydrogen-bond acceptors (Lipinski definition) is 8. The first-order valence-electron chi connectivity index (χ1n) is 9.51. The summed E-state index contributed by atoms with van der Waals surface area (Å²) in [7, 11) is 0. The van der Waals surface area contributed by atoms with Gasteiger partial charge >= 0.3 is 11.9 Å². The number of aliphatic carboxylic acids is 2. The molecule has 0 saturated carbocycles. The number of amides is 1. The number of rotatable bonds is 11. The maximum atomic E-state index is 12.4. The number of carboxylic acids is 2. The largest absolute Gasteiger partial charge is 0.481 e. The Morgan fingerprint density at radius 3 is 2.53 bits per heavy atom. The highest BCUT2D eigenvalue weighted by molar-refractivity contribution is 6.34. The van der Waals surface area contributed by atoms with Crippen LogP contribution in [0, 0.1) is 0 Å². The van der Waals surface area contributed by atoms with Crippen molar-refractivity contribution in [3.8, 4) is 0 Å². The molecule has 1 atom stereocenters. The van der Waals surface area contributed by atoms with Gasteiger partial charge in [-0.2, -0.15) is 4.98 Å². The predicted molar refractivity (Wildman–Crippen MR) is 118 cm³/mol. The molecule has 1 aromatic heterocycles. The van der Waals surface area contributed by atoms with Crippen molar-refractivity contribution in [3.63, 3.8) is 0 Å². The maximum Gasteiger partial charge on any atom is 0.326 e. The smallest absolute Gasteiger partial charge is 0.326 e. The van der Waals surface area contributed by atoms with Crippen LogP contribution in [-0.4, -0.2) is 50.6 Å². The molecule has 1 heterocycles. The van der Waals surface area contributed by atoms with Crippen molar-refractivity contribution < 1.29 is 24.6 Å². The SMILES string of the molecule is Nc1nc(N)c(CCCNc2ccc(C(=O)N[C@@H](CCC(=O)O)C(=O)O)c(Cl)c2)c(=O)[nH]1. The highest BCUT2D eigenvalue weighted by Crippen LogP contribution is 2.21. The molecule has 12 nitrogen and oxygen atoms in total. The van der Waals surface area contributed by atoms with Gasteiger partial charge in [0.2, 0.25) is 5.95 Å². The first-order chi connectivity index (χ1) is 15.1. The van der Waals surface area contributed by atoms with Crippen molar-refractivity contribution in [2.45, 2.75) is 31.7 Å². The highest BCUT2D eigenvalue weighted by atomic mass is 35.5. The maximum absolute atomic E-state index is 12.4. The zero-order chi connectivity index (χ0) is 23.8. The molecular formula is C19H23ClN6O6. The van der Waals surface area contributed by atoms with E-state index >= 15 is 0 Å². The number of H-pyrrole nitrogens is 1. The number of nitrogens with one attached hydrogen (secondary N) is 3. The third-order valence-electron chi connectivity index (χ3n) is 4.46. The van der Waals surface area contributed by atoms with E-state index in [1.54, 1.807) is 6.07 Å². The molecule has 0 radical (unpaired) electrons. The van der Waals surface area contributed by atoms with Crippen molar-refractivity contribution in [1.82, 2.24) is 15.3 Å². The molecule has 9 N–H and O–H groups in total. The molecule has 0 saturated heterocycles. The standard InChI is InChI=1S/C19H23ClN6O6/c20-12-8-9(23-7-1-2-11-15(21)25-19(22)26-17(11)30)3-4-10(12)16(29)24-13(18(31)32)5-6-14(27)28/h3-4,8,13,23H,1-2,5-7H2,(H,24,29)(H,27,28)(H,31,32)(H5,21,22,25,26,30)/t13-/m0/s1. The van der Waals surface area contributed by atoms with Crippen molar-refractivity contribution >= 4 is 46.9 Å². The lowest BCUT2D eigenvalue weighted by atomic mass is 10.1. The lowest BCUT2D eigenvalue weighted by Gasteiger charge is -2.15. The van der Waals surface area contributed by atoms with E-state index in [4.69, 9.17) is 33.3 Å². The lowest BCUT2D eigenvalue weighted by Crippen LogP contribution is -2.41. The Balaban J connectivity index is 1.93. The molecule has 1 amide bonds. The second-order valence-electron chi connectivity index (χ2n) is 6.84. The van der Waals surface area contributed by atoms with Crippen LogP contribution in [0.15, 0.2) is 23.0 Å². The second kappa shape index (κ2) is 11.0. The highest BCUT2D eigenvalue weighted by Gasteiger charge is 2.22. The first-order valence-corrected chi connectivity index (χ1v) is 9.89. The van der Waals surface area contributed by atoms with Gasteiger partial charge in [0.1, 0.15) is 11.9 Å². The number of nitrogen functional groups attached to an aromatic ring is 2. The number of anilines is 3. The Morgan fingerprint density at radius 1 is 1.22 bits per heavy atom. The van der Waals surface area contributed by atoms with E-state index in [-0.39, 0.29) is 28.8 Å². The van der Waals surface area contributed by atoms with Crippen LogP contribution in [0.25, 0.3) is 0 Å². The summed E-state index contributed by atoms with van der Waals surface area (Å²) < 4.78 is 0. The summed E-state index contributed by atoms with van der Waals surface area (Å²) in [5.41, 5.74) is 11.7. The Morgan fingerprint density at radius 2 is 1.94 bits per heavy atom. The van der Waals surface area contributed by atoms with Crippen molar-refractivity contribution in [2.24, 2.45) is 0 Å². The van der Waals surface area contributed by atoms with Crippen molar-refractivity contribution in [3.05, 3.63) is 44.7 Å². The molecule has 32 heavy (non-hydrogen) atoms. The quantitative estimate of drug-likeness (QED) is 0.230. The number of carbonyl (C=O) groups is 3. The number of benzene rings is 1. The number of carboxylic acid groups (broad SMARTS) is 2. The van der Waals surface area contributed by atoms with Crippen LogP contribution in [0.5, 0.6) is 0 Å². The second-order valence-corrected chi connectivity index (χ2v) is 7.24. The van der Waals surface area contributed by atoms with Crippen LogP contribution in [0.3, 0.4) is 0 Å². The van der Waals surface area contributed by atoms with E-state index in [2.05, 4.69) is 20.6 Å². The number of nitrogens with zero attached hydrogens (tertiary/aromatic N) is 1. The average Bonchev–Trinajstić information content (AvgIpc) is 2.69. The summed E-state index contributed by atoms with van der Waals surface area (Å²) in [6.45, 7) is 0.460. The minimum atomic E-state index is -1.36. The fourth-order valence-corrected chi connectivity index (χ4v) is 3.11. The number of nitrogens with two attached hydrogens (primary N) is 2. The van der Waals surface area contributed by atoms with Gasteiger partial charge in [0.15, 0.2) is 0 Å². The van der Waals surface area contributed by atoms with E-state index in [1.807, 2.05) is 0 Å². The molecule has 1 aromatic carbocycles. The third-order valence-corrected chi connectivity index (χ3v) is 4.78. The minimum absolute atomic E-state index is 0.0473. The van der Waals surface area contributed by atoms with Gasteiger partial charge in [-0.15, -0.1) is 0 Å². The lowest BCUT2D eigenvalue weighted by molar-refractivity contribution is -0.140. The Hall–Kier alpha value is -3.80. The molecule has 172 valence electrons. The van der Waals surface area contributed by atoms with Crippen molar-refractivity contribution in [1.29, 1.82) is 0 Å².